The minimum absolute atomic E-state index is 0.503. The molecule has 3 N–H and O–H groups in total. The van der Waals surface area contributed by atoms with Gasteiger partial charge in [-0.25, -0.2) is 0 Å². The molecule has 0 bridgehead atoms. The van der Waals surface area contributed by atoms with Gasteiger partial charge in [0.25, 0.3) is 0 Å². The smallest absolute Gasteiger partial charge is 0.226 e. The SMILES string of the molecule is COc1ccc(CNc2nc(Nc3ccc(OC)cc3)c3cn[nH]c3n2)cc1. The Morgan fingerprint density at radius 2 is 1.57 bits per heavy atom. The maximum Gasteiger partial charge on any atom is 0.226 e. The van der Waals surface area contributed by atoms with Gasteiger partial charge in [-0.2, -0.15) is 15.1 Å². The van der Waals surface area contributed by atoms with Crippen molar-refractivity contribution in [1.29, 1.82) is 0 Å². The molecule has 8 heteroatoms. The van der Waals surface area contributed by atoms with E-state index < -0.39 is 0 Å². The summed E-state index contributed by atoms with van der Waals surface area (Å²) in [5, 5.41) is 14.4. The van der Waals surface area contributed by atoms with Crippen LogP contribution in [0.15, 0.2) is 54.7 Å². The number of hydrogen-bond donors (Lipinski definition) is 3. The first-order chi connectivity index (χ1) is 13.7. The van der Waals surface area contributed by atoms with E-state index >= 15 is 0 Å². The first kappa shape index (κ1) is 17.6. The maximum atomic E-state index is 5.20. The second kappa shape index (κ2) is 7.83. The van der Waals surface area contributed by atoms with E-state index in [1.54, 1.807) is 20.4 Å². The first-order valence-electron chi connectivity index (χ1n) is 8.74. The van der Waals surface area contributed by atoms with Crippen molar-refractivity contribution in [2.24, 2.45) is 0 Å². The molecule has 0 aliphatic rings. The van der Waals surface area contributed by atoms with E-state index in [-0.39, 0.29) is 0 Å². The predicted molar refractivity (Wildman–Crippen MR) is 108 cm³/mol. The first-order valence-corrected chi connectivity index (χ1v) is 8.74. The number of ether oxygens (including phenoxy) is 2. The number of aromatic amines is 1. The number of aromatic nitrogens is 4. The third-order valence-electron chi connectivity index (χ3n) is 4.27. The summed E-state index contributed by atoms with van der Waals surface area (Å²) in [7, 11) is 3.29. The fourth-order valence-electron chi connectivity index (χ4n) is 2.74. The third kappa shape index (κ3) is 3.80. The fraction of sp³-hybridized carbons (Fsp3) is 0.150. The van der Waals surface area contributed by atoms with Crippen molar-refractivity contribution < 1.29 is 9.47 Å². The Morgan fingerprint density at radius 3 is 2.25 bits per heavy atom. The van der Waals surface area contributed by atoms with Crippen LogP contribution in [-0.4, -0.2) is 34.4 Å². The zero-order chi connectivity index (χ0) is 19.3. The highest BCUT2D eigenvalue weighted by Crippen LogP contribution is 2.25. The van der Waals surface area contributed by atoms with Crippen LogP contribution in [0.5, 0.6) is 11.5 Å². The van der Waals surface area contributed by atoms with Crippen LogP contribution >= 0.6 is 0 Å². The lowest BCUT2D eigenvalue weighted by Gasteiger charge is -2.10. The van der Waals surface area contributed by atoms with Crippen molar-refractivity contribution in [3.8, 4) is 11.5 Å². The van der Waals surface area contributed by atoms with Crippen molar-refractivity contribution >= 4 is 28.5 Å². The highest BCUT2D eigenvalue weighted by molar-refractivity contribution is 5.89. The molecule has 4 rings (SSSR count). The summed E-state index contributed by atoms with van der Waals surface area (Å²) in [4.78, 5) is 9.10. The summed E-state index contributed by atoms with van der Waals surface area (Å²) < 4.78 is 10.4. The van der Waals surface area contributed by atoms with Gasteiger partial charge < -0.3 is 20.1 Å². The van der Waals surface area contributed by atoms with Crippen LogP contribution in [0.25, 0.3) is 11.0 Å². The van der Waals surface area contributed by atoms with Crippen molar-refractivity contribution in [3.63, 3.8) is 0 Å². The van der Waals surface area contributed by atoms with Gasteiger partial charge in [-0.15, -0.1) is 0 Å². The minimum atomic E-state index is 0.503. The van der Waals surface area contributed by atoms with Gasteiger partial charge in [-0.1, -0.05) is 12.1 Å². The standard InChI is InChI=1S/C20H20N6O2/c1-27-15-7-3-13(4-8-15)11-21-20-24-18(17-12-22-26-19(17)25-20)23-14-5-9-16(28-2)10-6-14/h3-10,12H,11H2,1-2H3,(H3,21,22,23,24,25,26). The highest BCUT2D eigenvalue weighted by atomic mass is 16.5. The number of nitrogens with zero attached hydrogens (tertiary/aromatic N) is 3. The van der Waals surface area contributed by atoms with Crippen molar-refractivity contribution in [2.45, 2.75) is 6.54 Å². The number of anilines is 3. The normalized spacial score (nSPS) is 10.6. The van der Waals surface area contributed by atoms with Gasteiger partial charge in [0.05, 0.1) is 25.8 Å². The van der Waals surface area contributed by atoms with Gasteiger partial charge in [-0.05, 0) is 42.0 Å². The van der Waals surface area contributed by atoms with Crippen LogP contribution in [-0.2, 0) is 6.54 Å². The number of nitrogens with one attached hydrogen (secondary N) is 3. The molecule has 0 fully saturated rings. The number of methoxy groups -OCH3 is 2. The van der Waals surface area contributed by atoms with Gasteiger partial charge in [0, 0.05) is 12.2 Å². The molecule has 0 saturated heterocycles. The monoisotopic (exact) mass is 376 g/mol. The Bertz CT molecular complexity index is 1060. The summed E-state index contributed by atoms with van der Waals surface area (Å²) >= 11 is 0. The molecule has 2 aromatic carbocycles. The lowest BCUT2D eigenvalue weighted by atomic mass is 10.2. The topological polar surface area (TPSA) is 97.0 Å². The molecule has 0 saturated carbocycles. The zero-order valence-electron chi connectivity index (χ0n) is 15.6. The molecule has 4 aromatic rings. The minimum Gasteiger partial charge on any atom is -0.497 e. The second-order valence-corrected chi connectivity index (χ2v) is 6.08. The molecular weight excluding hydrogens is 356 g/mol. The van der Waals surface area contributed by atoms with E-state index in [1.807, 2.05) is 48.5 Å². The maximum absolute atomic E-state index is 5.20. The van der Waals surface area contributed by atoms with Gasteiger partial charge in [0.2, 0.25) is 5.95 Å². The molecule has 28 heavy (non-hydrogen) atoms. The molecule has 8 nitrogen and oxygen atoms in total. The van der Waals surface area contributed by atoms with E-state index in [1.165, 1.54) is 0 Å². The van der Waals surface area contributed by atoms with E-state index in [0.29, 0.717) is 24.0 Å². The molecule has 0 radical (unpaired) electrons. The van der Waals surface area contributed by atoms with E-state index in [2.05, 4.69) is 30.8 Å². The van der Waals surface area contributed by atoms with Crippen molar-refractivity contribution in [2.75, 3.05) is 24.9 Å². The summed E-state index contributed by atoms with van der Waals surface area (Å²) in [6.07, 6.45) is 1.70. The summed E-state index contributed by atoms with van der Waals surface area (Å²) in [6, 6.07) is 15.5. The Labute approximate surface area is 161 Å². The van der Waals surface area contributed by atoms with Crippen LogP contribution in [0.3, 0.4) is 0 Å². The average Bonchev–Trinajstić information content (AvgIpc) is 3.22. The van der Waals surface area contributed by atoms with E-state index in [9.17, 15) is 0 Å². The summed E-state index contributed by atoms with van der Waals surface area (Å²) in [5.74, 6) is 2.79. The van der Waals surface area contributed by atoms with Crippen LogP contribution in [0.2, 0.25) is 0 Å². The summed E-state index contributed by atoms with van der Waals surface area (Å²) in [5.41, 5.74) is 2.64. The lowest BCUT2D eigenvalue weighted by molar-refractivity contribution is 0.414. The van der Waals surface area contributed by atoms with Crippen molar-refractivity contribution in [3.05, 3.63) is 60.3 Å². The quantitative estimate of drug-likeness (QED) is 0.452. The number of benzene rings is 2. The fourth-order valence-corrected chi connectivity index (χ4v) is 2.74. The summed E-state index contributed by atoms with van der Waals surface area (Å²) in [6.45, 7) is 0.589. The van der Waals surface area contributed by atoms with Crippen LogP contribution in [0, 0.1) is 0 Å². The predicted octanol–water partition coefficient (Wildman–Crippen LogP) is 3.73. The molecule has 2 aromatic heterocycles. The van der Waals surface area contributed by atoms with E-state index in [4.69, 9.17) is 9.47 Å². The van der Waals surface area contributed by atoms with E-state index in [0.717, 1.165) is 28.1 Å². The van der Waals surface area contributed by atoms with Crippen LogP contribution < -0.4 is 20.1 Å². The highest BCUT2D eigenvalue weighted by Gasteiger charge is 2.10. The number of hydrogen-bond acceptors (Lipinski definition) is 7. The molecule has 142 valence electrons. The molecule has 0 aliphatic carbocycles. The van der Waals surface area contributed by atoms with Gasteiger partial charge >= 0.3 is 0 Å². The Morgan fingerprint density at radius 1 is 0.893 bits per heavy atom. The molecule has 0 unspecified atom stereocenters. The number of H-pyrrole nitrogens is 1. The van der Waals surface area contributed by atoms with Crippen LogP contribution in [0.4, 0.5) is 17.5 Å². The van der Waals surface area contributed by atoms with Gasteiger partial charge in [-0.3, -0.25) is 5.10 Å². The van der Waals surface area contributed by atoms with Gasteiger partial charge in [0.1, 0.15) is 17.3 Å². The Kier molecular flexibility index (Phi) is 4.92. The second-order valence-electron chi connectivity index (χ2n) is 6.08. The lowest BCUT2D eigenvalue weighted by Crippen LogP contribution is -2.06. The molecule has 0 aliphatic heterocycles. The molecule has 2 heterocycles. The molecule has 0 atom stereocenters. The Balaban J connectivity index is 1.55. The van der Waals surface area contributed by atoms with Crippen LogP contribution in [0.1, 0.15) is 5.56 Å². The molecule has 0 spiro atoms. The molecule has 0 amide bonds. The number of rotatable bonds is 7. The average molecular weight is 376 g/mol. The van der Waals surface area contributed by atoms with Gasteiger partial charge in [0.15, 0.2) is 5.65 Å². The van der Waals surface area contributed by atoms with Crippen molar-refractivity contribution in [1.82, 2.24) is 20.2 Å². The number of fused-ring (bicyclic) bond motifs is 1. The third-order valence-corrected chi connectivity index (χ3v) is 4.27. The molecular formula is C20H20N6O2. The Hall–Kier alpha value is -3.81. The zero-order valence-corrected chi connectivity index (χ0v) is 15.6. The largest absolute Gasteiger partial charge is 0.497 e.